The molecule has 2 aromatic rings. The standard InChI is InChI=1S/C15H20N6O2/c1-20-12-8-21(7-11(12)15(16)19-20)13-6-14(18-9-17-13)23-10-2-4-22-5-3-10/h6,9-10H,2-5,7-8H2,1H3,(H2,16,19). The highest BCUT2D eigenvalue weighted by Gasteiger charge is 2.27. The molecular weight excluding hydrogens is 296 g/mol. The van der Waals surface area contributed by atoms with Gasteiger partial charge in [0.15, 0.2) is 5.82 Å². The average Bonchev–Trinajstić information content (AvgIpc) is 3.11. The fraction of sp³-hybridized carbons (Fsp3) is 0.533. The molecule has 4 heterocycles. The van der Waals surface area contributed by atoms with E-state index in [2.05, 4.69) is 20.0 Å². The number of hydrogen-bond acceptors (Lipinski definition) is 7. The van der Waals surface area contributed by atoms with Gasteiger partial charge in [-0.1, -0.05) is 0 Å². The highest BCUT2D eigenvalue weighted by atomic mass is 16.5. The predicted octanol–water partition coefficient (Wildman–Crippen LogP) is 0.870. The quantitative estimate of drug-likeness (QED) is 0.898. The van der Waals surface area contributed by atoms with Crippen LogP contribution < -0.4 is 15.4 Å². The van der Waals surface area contributed by atoms with Crippen molar-refractivity contribution in [2.24, 2.45) is 7.05 Å². The van der Waals surface area contributed by atoms with Crippen LogP contribution in [0.3, 0.4) is 0 Å². The summed E-state index contributed by atoms with van der Waals surface area (Å²) in [5.41, 5.74) is 8.17. The van der Waals surface area contributed by atoms with Crippen molar-refractivity contribution < 1.29 is 9.47 Å². The summed E-state index contributed by atoms with van der Waals surface area (Å²) in [7, 11) is 1.92. The van der Waals surface area contributed by atoms with Gasteiger partial charge in [0, 0.05) is 31.5 Å². The molecule has 2 N–H and O–H groups in total. The van der Waals surface area contributed by atoms with Crippen LogP contribution in [-0.4, -0.2) is 39.1 Å². The minimum atomic E-state index is 0.169. The van der Waals surface area contributed by atoms with Gasteiger partial charge in [0.2, 0.25) is 5.88 Å². The van der Waals surface area contributed by atoms with E-state index in [9.17, 15) is 0 Å². The molecule has 122 valence electrons. The first-order chi connectivity index (χ1) is 11.2. The van der Waals surface area contributed by atoms with Crippen LogP contribution in [0.5, 0.6) is 5.88 Å². The number of anilines is 2. The molecule has 0 aromatic carbocycles. The van der Waals surface area contributed by atoms with Crippen LogP contribution in [0.4, 0.5) is 11.6 Å². The van der Waals surface area contributed by atoms with Gasteiger partial charge in [-0.15, -0.1) is 0 Å². The van der Waals surface area contributed by atoms with E-state index in [1.54, 1.807) is 6.33 Å². The third kappa shape index (κ3) is 2.70. The Kier molecular flexibility index (Phi) is 3.53. The van der Waals surface area contributed by atoms with Crippen LogP contribution in [0.1, 0.15) is 24.1 Å². The molecule has 0 amide bonds. The third-order valence-corrected chi connectivity index (χ3v) is 4.40. The first-order valence-corrected chi connectivity index (χ1v) is 7.82. The molecule has 1 saturated heterocycles. The zero-order valence-electron chi connectivity index (χ0n) is 13.1. The Labute approximate surface area is 134 Å². The average molecular weight is 316 g/mol. The number of aryl methyl sites for hydroxylation is 1. The van der Waals surface area contributed by atoms with Crippen LogP contribution in [0, 0.1) is 0 Å². The lowest BCUT2D eigenvalue weighted by Crippen LogP contribution is -2.26. The molecule has 23 heavy (non-hydrogen) atoms. The van der Waals surface area contributed by atoms with Gasteiger partial charge in [-0.25, -0.2) is 9.97 Å². The second-order valence-corrected chi connectivity index (χ2v) is 5.93. The zero-order chi connectivity index (χ0) is 15.8. The summed E-state index contributed by atoms with van der Waals surface area (Å²) in [6.45, 7) is 2.94. The molecule has 0 unspecified atom stereocenters. The van der Waals surface area contributed by atoms with E-state index in [0.29, 0.717) is 18.2 Å². The number of rotatable bonds is 3. The fourth-order valence-corrected chi connectivity index (χ4v) is 3.12. The van der Waals surface area contributed by atoms with E-state index in [4.69, 9.17) is 15.2 Å². The number of hydrogen-bond donors (Lipinski definition) is 1. The first-order valence-electron chi connectivity index (χ1n) is 7.82. The summed E-state index contributed by atoms with van der Waals surface area (Å²) in [4.78, 5) is 10.8. The first kappa shape index (κ1) is 14.3. The third-order valence-electron chi connectivity index (χ3n) is 4.40. The summed E-state index contributed by atoms with van der Waals surface area (Å²) < 4.78 is 13.2. The molecule has 4 rings (SSSR count). The topological polar surface area (TPSA) is 91.3 Å². The van der Waals surface area contributed by atoms with Gasteiger partial charge in [-0.05, 0) is 0 Å². The van der Waals surface area contributed by atoms with Crippen LogP contribution in [0.15, 0.2) is 12.4 Å². The lowest BCUT2D eigenvalue weighted by atomic mass is 10.2. The Bertz CT molecular complexity index is 683. The molecule has 1 fully saturated rings. The molecule has 0 aliphatic carbocycles. The van der Waals surface area contributed by atoms with E-state index >= 15 is 0 Å². The summed E-state index contributed by atoms with van der Waals surface area (Å²) in [5, 5.41) is 4.25. The van der Waals surface area contributed by atoms with Gasteiger partial charge in [-0.3, -0.25) is 4.68 Å². The maximum absolute atomic E-state index is 5.96. The van der Waals surface area contributed by atoms with Crippen molar-refractivity contribution in [2.75, 3.05) is 23.8 Å². The number of nitrogen functional groups attached to an aromatic ring is 1. The van der Waals surface area contributed by atoms with E-state index < -0.39 is 0 Å². The second-order valence-electron chi connectivity index (χ2n) is 5.93. The van der Waals surface area contributed by atoms with Crippen molar-refractivity contribution in [3.05, 3.63) is 23.7 Å². The highest BCUT2D eigenvalue weighted by Crippen LogP contribution is 2.31. The molecule has 2 aliphatic heterocycles. The molecule has 2 aromatic heterocycles. The summed E-state index contributed by atoms with van der Waals surface area (Å²) in [6, 6.07) is 1.89. The number of nitrogens with zero attached hydrogens (tertiary/aromatic N) is 5. The Morgan fingerprint density at radius 1 is 1.26 bits per heavy atom. The normalized spacial score (nSPS) is 18.2. The highest BCUT2D eigenvalue weighted by molar-refractivity contribution is 5.53. The van der Waals surface area contributed by atoms with Crippen LogP contribution in [0.2, 0.25) is 0 Å². The van der Waals surface area contributed by atoms with E-state index in [1.807, 2.05) is 17.8 Å². The second kappa shape index (κ2) is 5.69. The molecule has 8 nitrogen and oxygen atoms in total. The molecule has 0 saturated carbocycles. The van der Waals surface area contributed by atoms with Gasteiger partial charge >= 0.3 is 0 Å². The largest absolute Gasteiger partial charge is 0.474 e. The Hall–Kier alpha value is -2.35. The van der Waals surface area contributed by atoms with Gasteiger partial charge in [-0.2, -0.15) is 5.10 Å². The van der Waals surface area contributed by atoms with Crippen LogP contribution in [-0.2, 0) is 24.9 Å². The maximum Gasteiger partial charge on any atom is 0.218 e. The van der Waals surface area contributed by atoms with Gasteiger partial charge in [0.1, 0.15) is 18.2 Å². The van der Waals surface area contributed by atoms with E-state index in [1.165, 1.54) is 0 Å². The Morgan fingerprint density at radius 2 is 2.09 bits per heavy atom. The minimum Gasteiger partial charge on any atom is -0.474 e. The van der Waals surface area contributed by atoms with Gasteiger partial charge in [0.25, 0.3) is 0 Å². The smallest absolute Gasteiger partial charge is 0.218 e. The van der Waals surface area contributed by atoms with Crippen molar-refractivity contribution in [1.29, 1.82) is 0 Å². The van der Waals surface area contributed by atoms with E-state index in [0.717, 1.165) is 49.7 Å². The lowest BCUT2D eigenvalue weighted by molar-refractivity contribution is 0.0237. The molecule has 0 spiro atoms. The fourth-order valence-electron chi connectivity index (χ4n) is 3.12. The van der Waals surface area contributed by atoms with Gasteiger partial charge in [0.05, 0.1) is 32.0 Å². The molecule has 0 bridgehead atoms. The Balaban J connectivity index is 1.50. The van der Waals surface area contributed by atoms with Crippen molar-refractivity contribution in [1.82, 2.24) is 19.7 Å². The number of aromatic nitrogens is 4. The predicted molar refractivity (Wildman–Crippen MR) is 84.0 cm³/mol. The monoisotopic (exact) mass is 316 g/mol. The SMILES string of the molecule is Cn1nc(N)c2c1CN(c1cc(OC3CCOCC3)ncn1)C2. The molecule has 0 atom stereocenters. The summed E-state index contributed by atoms with van der Waals surface area (Å²) in [6.07, 6.45) is 3.52. The van der Waals surface area contributed by atoms with E-state index in [-0.39, 0.29) is 6.10 Å². The van der Waals surface area contributed by atoms with Crippen molar-refractivity contribution in [3.63, 3.8) is 0 Å². The Morgan fingerprint density at radius 3 is 2.87 bits per heavy atom. The van der Waals surface area contributed by atoms with Gasteiger partial charge < -0.3 is 20.1 Å². The molecule has 8 heteroatoms. The molecule has 0 radical (unpaired) electrons. The number of fused-ring (bicyclic) bond motifs is 1. The number of ether oxygens (including phenoxy) is 2. The van der Waals surface area contributed by atoms with Crippen LogP contribution >= 0.6 is 0 Å². The molecular formula is C15H20N6O2. The zero-order valence-corrected chi connectivity index (χ0v) is 13.1. The summed E-state index contributed by atoms with van der Waals surface area (Å²) >= 11 is 0. The number of nitrogens with two attached hydrogens (primary N) is 1. The summed E-state index contributed by atoms with van der Waals surface area (Å²) in [5.74, 6) is 2.05. The van der Waals surface area contributed by atoms with Crippen molar-refractivity contribution in [3.8, 4) is 5.88 Å². The minimum absolute atomic E-state index is 0.169. The van der Waals surface area contributed by atoms with Crippen LogP contribution in [0.25, 0.3) is 0 Å². The molecule has 2 aliphatic rings. The van der Waals surface area contributed by atoms with Crippen molar-refractivity contribution >= 4 is 11.6 Å². The van der Waals surface area contributed by atoms with Crippen molar-refractivity contribution in [2.45, 2.75) is 32.0 Å². The lowest BCUT2D eigenvalue weighted by Gasteiger charge is -2.23. The maximum atomic E-state index is 5.96.